The normalized spacial score (nSPS) is 22.4. The lowest BCUT2D eigenvalue weighted by Gasteiger charge is -2.43. The van der Waals surface area contributed by atoms with E-state index in [1.165, 1.54) is 27.8 Å². The molecule has 0 radical (unpaired) electrons. The maximum Gasteiger partial charge on any atom is 0.245 e. The molecule has 1 saturated heterocycles. The molecule has 4 nitrogen and oxygen atoms in total. The van der Waals surface area contributed by atoms with E-state index in [1.54, 1.807) is 0 Å². The molecule has 2 aromatic rings. The highest BCUT2D eigenvalue weighted by molar-refractivity contribution is 5.89. The summed E-state index contributed by atoms with van der Waals surface area (Å²) in [6.07, 6.45) is 1.84. The molecule has 1 fully saturated rings. The second-order valence-electron chi connectivity index (χ2n) is 7.93. The Hall–Kier alpha value is -2.17. The van der Waals surface area contributed by atoms with Crippen molar-refractivity contribution in [3.8, 4) is 0 Å². The van der Waals surface area contributed by atoms with Crippen molar-refractivity contribution in [1.82, 2.24) is 15.5 Å². The number of carbonyl (C=O) groups is 1. The minimum Gasteiger partial charge on any atom is -0.350 e. The standard InChI is InChI=1S/C23H29N3O/c1-17-13-18(2)15-19(14-17)16-25-22(27)23(26-11-9-24-10-12-26)8-7-20-5-3-4-6-21(20)23/h3-6,13-15,24H,7-12,16H2,1-2H3,(H,25,27)/t23-/m0/s1. The predicted molar refractivity (Wildman–Crippen MR) is 109 cm³/mol. The van der Waals surface area contributed by atoms with Gasteiger partial charge in [-0.1, -0.05) is 53.6 Å². The molecule has 1 atom stereocenters. The first-order valence-electron chi connectivity index (χ1n) is 9.99. The number of nitrogens with one attached hydrogen (secondary N) is 2. The summed E-state index contributed by atoms with van der Waals surface area (Å²) in [6, 6.07) is 15.0. The first-order valence-corrected chi connectivity index (χ1v) is 9.99. The van der Waals surface area contributed by atoms with Crippen molar-refractivity contribution in [2.45, 2.75) is 38.8 Å². The van der Waals surface area contributed by atoms with Gasteiger partial charge in [0.1, 0.15) is 5.54 Å². The van der Waals surface area contributed by atoms with Crippen LogP contribution in [0.2, 0.25) is 0 Å². The number of fused-ring (bicyclic) bond motifs is 1. The zero-order valence-electron chi connectivity index (χ0n) is 16.3. The molecule has 27 heavy (non-hydrogen) atoms. The molecule has 4 heteroatoms. The van der Waals surface area contributed by atoms with E-state index in [0.717, 1.165) is 39.0 Å². The molecule has 1 aliphatic heterocycles. The van der Waals surface area contributed by atoms with Crippen LogP contribution in [0.3, 0.4) is 0 Å². The van der Waals surface area contributed by atoms with Crippen LogP contribution in [0, 0.1) is 13.8 Å². The average molecular weight is 364 g/mol. The SMILES string of the molecule is Cc1cc(C)cc(CNC(=O)[C@]2(N3CCNCC3)CCc3ccccc32)c1. The molecule has 0 saturated carbocycles. The summed E-state index contributed by atoms with van der Waals surface area (Å²) in [5, 5.41) is 6.69. The molecule has 0 spiro atoms. The monoisotopic (exact) mass is 363 g/mol. The van der Waals surface area contributed by atoms with E-state index in [0.29, 0.717) is 6.54 Å². The summed E-state index contributed by atoms with van der Waals surface area (Å²) in [7, 11) is 0. The van der Waals surface area contributed by atoms with E-state index in [-0.39, 0.29) is 5.91 Å². The van der Waals surface area contributed by atoms with Crippen LogP contribution in [0.4, 0.5) is 0 Å². The van der Waals surface area contributed by atoms with E-state index < -0.39 is 5.54 Å². The molecule has 0 aromatic heterocycles. The van der Waals surface area contributed by atoms with Crippen molar-refractivity contribution in [1.29, 1.82) is 0 Å². The summed E-state index contributed by atoms with van der Waals surface area (Å²) in [4.78, 5) is 16.0. The van der Waals surface area contributed by atoms with Gasteiger partial charge >= 0.3 is 0 Å². The summed E-state index contributed by atoms with van der Waals surface area (Å²) < 4.78 is 0. The van der Waals surface area contributed by atoms with Crippen molar-refractivity contribution in [3.63, 3.8) is 0 Å². The quantitative estimate of drug-likeness (QED) is 0.878. The first kappa shape index (κ1) is 18.2. The second kappa shape index (κ2) is 7.45. The predicted octanol–water partition coefficient (Wildman–Crippen LogP) is 2.67. The number of benzene rings is 2. The first-order chi connectivity index (χ1) is 13.1. The summed E-state index contributed by atoms with van der Waals surface area (Å²) >= 11 is 0. The Morgan fingerprint density at radius 2 is 1.81 bits per heavy atom. The van der Waals surface area contributed by atoms with Crippen LogP contribution >= 0.6 is 0 Å². The van der Waals surface area contributed by atoms with Crippen molar-refractivity contribution in [2.24, 2.45) is 0 Å². The summed E-state index contributed by atoms with van der Waals surface area (Å²) in [5.41, 5.74) is 5.63. The highest BCUT2D eigenvalue weighted by Gasteiger charge is 2.49. The maximum absolute atomic E-state index is 13.6. The van der Waals surface area contributed by atoms with Gasteiger partial charge in [-0.15, -0.1) is 0 Å². The van der Waals surface area contributed by atoms with Gasteiger partial charge in [0.25, 0.3) is 0 Å². The third kappa shape index (κ3) is 3.40. The van der Waals surface area contributed by atoms with Crippen LogP contribution in [-0.2, 0) is 23.3 Å². The van der Waals surface area contributed by atoms with Gasteiger partial charge in [0, 0.05) is 32.7 Å². The van der Waals surface area contributed by atoms with E-state index in [4.69, 9.17) is 0 Å². The Labute approximate surface area is 162 Å². The maximum atomic E-state index is 13.6. The minimum absolute atomic E-state index is 0.147. The van der Waals surface area contributed by atoms with Crippen molar-refractivity contribution < 1.29 is 4.79 Å². The smallest absolute Gasteiger partial charge is 0.245 e. The van der Waals surface area contributed by atoms with Gasteiger partial charge in [-0.25, -0.2) is 0 Å². The summed E-state index contributed by atoms with van der Waals surface area (Å²) in [5.74, 6) is 0.147. The Morgan fingerprint density at radius 1 is 1.11 bits per heavy atom. The average Bonchev–Trinajstić information content (AvgIpc) is 3.07. The van der Waals surface area contributed by atoms with Crippen molar-refractivity contribution in [2.75, 3.05) is 26.2 Å². The van der Waals surface area contributed by atoms with E-state index in [2.05, 4.69) is 71.8 Å². The molecule has 1 amide bonds. The highest BCUT2D eigenvalue weighted by Crippen LogP contribution is 2.42. The number of amides is 1. The van der Waals surface area contributed by atoms with Crippen molar-refractivity contribution in [3.05, 3.63) is 70.3 Å². The van der Waals surface area contributed by atoms with E-state index in [1.807, 2.05) is 0 Å². The third-order valence-corrected chi connectivity index (χ3v) is 5.99. The largest absolute Gasteiger partial charge is 0.350 e. The molecule has 2 N–H and O–H groups in total. The number of piperazine rings is 1. The fourth-order valence-corrected chi connectivity index (χ4v) is 4.85. The molecule has 4 rings (SSSR count). The Morgan fingerprint density at radius 3 is 2.56 bits per heavy atom. The highest BCUT2D eigenvalue weighted by atomic mass is 16.2. The van der Waals surface area contributed by atoms with Gasteiger partial charge in [-0.3, -0.25) is 9.69 Å². The molecule has 1 aliphatic carbocycles. The van der Waals surface area contributed by atoms with Crippen LogP contribution < -0.4 is 10.6 Å². The van der Waals surface area contributed by atoms with Crippen molar-refractivity contribution >= 4 is 5.91 Å². The second-order valence-corrected chi connectivity index (χ2v) is 7.93. The fourth-order valence-electron chi connectivity index (χ4n) is 4.85. The Kier molecular flexibility index (Phi) is 5.02. The van der Waals surface area contributed by atoms with Gasteiger partial charge in [-0.2, -0.15) is 0 Å². The Balaban J connectivity index is 1.62. The fraction of sp³-hybridized carbons (Fsp3) is 0.435. The van der Waals surface area contributed by atoms with Gasteiger partial charge in [0.2, 0.25) is 5.91 Å². The molecule has 142 valence electrons. The molecular weight excluding hydrogens is 334 g/mol. The van der Waals surface area contributed by atoms with Gasteiger partial charge in [0.15, 0.2) is 0 Å². The molecule has 2 aliphatic rings. The number of hydrogen-bond acceptors (Lipinski definition) is 3. The van der Waals surface area contributed by atoms with E-state index in [9.17, 15) is 4.79 Å². The molecule has 0 bridgehead atoms. The molecular formula is C23H29N3O. The molecule has 1 heterocycles. The zero-order chi connectivity index (χ0) is 18.9. The lowest BCUT2D eigenvalue weighted by molar-refractivity contribution is -0.135. The summed E-state index contributed by atoms with van der Waals surface area (Å²) in [6.45, 7) is 8.48. The van der Waals surface area contributed by atoms with Gasteiger partial charge in [0.05, 0.1) is 0 Å². The lowest BCUT2D eigenvalue weighted by Crippen LogP contribution is -2.60. The lowest BCUT2D eigenvalue weighted by atomic mass is 9.87. The number of carbonyl (C=O) groups excluding carboxylic acids is 1. The van der Waals surface area contributed by atoms with Gasteiger partial charge < -0.3 is 10.6 Å². The number of aryl methyl sites for hydroxylation is 3. The topological polar surface area (TPSA) is 44.4 Å². The van der Waals surface area contributed by atoms with Crippen LogP contribution in [0.25, 0.3) is 0 Å². The van der Waals surface area contributed by atoms with Crippen LogP contribution in [0.15, 0.2) is 42.5 Å². The van der Waals surface area contributed by atoms with Gasteiger partial charge in [-0.05, 0) is 43.4 Å². The van der Waals surface area contributed by atoms with Crippen LogP contribution in [0.5, 0.6) is 0 Å². The van der Waals surface area contributed by atoms with E-state index >= 15 is 0 Å². The number of rotatable bonds is 4. The molecule has 0 unspecified atom stereocenters. The number of nitrogens with zero attached hydrogens (tertiary/aromatic N) is 1. The molecule has 2 aromatic carbocycles. The zero-order valence-corrected chi connectivity index (χ0v) is 16.3. The van der Waals surface area contributed by atoms with Crippen LogP contribution in [-0.4, -0.2) is 37.0 Å². The van der Waals surface area contributed by atoms with Crippen LogP contribution in [0.1, 0.15) is 34.2 Å². The number of hydrogen-bond donors (Lipinski definition) is 2. The Bertz CT molecular complexity index is 821. The third-order valence-electron chi connectivity index (χ3n) is 5.99. The minimum atomic E-state index is -0.530.